The third-order valence-electron chi connectivity index (χ3n) is 1.62. The average Bonchev–Trinajstić information content (AvgIpc) is 2.34. The molecule has 11 heavy (non-hydrogen) atoms. The van der Waals surface area contributed by atoms with Crippen LogP contribution in [0.1, 0.15) is 12.6 Å². The summed E-state index contributed by atoms with van der Waals surface area (Å²) in [6, 6.07) is 0. The highest BCUT2D eigenvalue weighted by atomic mass is 15.1. The molecule has 0 atom stereocenters. The van der Waals surface area contributed by atoms with E-state index in [1.807, 2.05) is 11.5 Å². The maximum absolute atomic E-state index is 5.75. The molecule has 2 N–H and O–H groups in total. The largest absolute Gasteiger partial charge is 0.384 e. The lowest BCUT2D eigenvalue weighted by atomic mass is 10.3. The van der Waals surface area contributed by atoms with E-state index in [4.69, 9.17) is 5.73 Å². The van der Waals surface area contributed by atoms with E-state index < -0.39 is 0 Å². The fraction of sp³-hybridized carbons (Fsp3) is 0.375. The summed E-state index contributed by atoms with van der Waals surface area (Å²) in [7, 11) is 0. The summed E-state index contributed by atoms with van der Waals surface area (Å²) in [5.74, 6) is 0.757. The Labute approximate surface area is 66.5 Å². The van der Waals surface area contributed by atoms with Crippen LogP contribution in [0.25, 0.3) is 0 Å². The number of nitrogen functional groups attached to an aromatic ring is 1. The van der Waals surface area contributed by atoms with Crippen LogP contribution < -0.4 is 5.73 Å². The molecule has 0 unspecified atom stereocenters. The Morgan fingerprint density at radius 2 is 2.55 bits per heavy atom. The van der Waals surface area contributed by atoms with Gasteiger partial charge in [0.1, 0.15) is 5.82 Å². The number of nitrogens with two attached hydrogens (primary N) is 1. The number of aryl methyl sites for hydroxylation is 1. The van der Waals surface area contributed by atoms with Crippen LogP contribution in [0.15, 0.2) is 19.0 Å². The van der Waals surface area contributed by atoms with Gasteiger partial charge in [-0.1, -0.05) is 13.0 Å². The van der Waals surface area contributed by atoms with Gasteiger partial charge < -0.3 is 10.3 Å². The molecule has 1 aromatic rings. The minimum Gasteiger partial charge on any atom is -0.384 e. The minimum atomic E-state index is 0.735. The molecule has 60 valence electrons. The van der Waals surface area contributed by atoms with Gasteiger partial charge in [0.05, 0.1) is 12.0 Å². The third-order valence-corrected chi connectivity index (χ3v) is 1.62. The monoisotopic (exact) mass is 151 g/mol. The van der Waals surface area contributed by atoms with Gasteiger partial charge in [-0.15, -0.1) is 6.58 Å². The molecule has 0 amide bonds. The van der Waals surface area contributed by atoms with Crippen molar-refractivity contribution in [1.29, 1.82) is 0 Å². The Kier molecular flexibility index (Phi) is 2.31. The number of rotatable bonds is 3. The van der Waals surface area contributed by atoms with E-state index in [1.54, 1.807) is 12.4 Å². The summed E-state index contributed by atoms with van der Waals surface area (Å²) < 4.78 is 1.88. The molecular weight excluding hydrogens is 138 g/mol. The standard InChI is InChI=1S/C8H13N3/c1-3-5-11-6-10-7(4-2)8(11)9/h3,6H,1,4-5,9H2,2H3. The zero-order chi connectivity index (χ0) is 8.27. The van der Waals surface area contributed by atoms with Gasteiger partial charge in [-0.2, -0.15) is 0 Å². The Balaban J connectivity index is 2.90. The number of imidazole rings is 1. The predicted octanol–water partition coefficient (Wildman–Crippen LogP) is 1.21. The second-order valence-electron chi connectivity index (χ2n) is 2.37. The topological polar surface area (TPSA) is 43.8 Å². The van der Waals surface area contributed by atoms with Crippen LogP contribution >= 0.6 is 0 Å². The molecule has 3 nitrogen and oxygen atoms in total. The summed E-state index contributed by atoms with van der Waals surface area (Å²) in [4.78, 5) is 4.14. The molecule has 1 heterocycles. The normalized spacial score (nSPS) is 9.91. The molecule has 0 spiro atoms. The lowest BCUT2D eigenvalue weighted by Crippen LogP contribution is -2.00. The molecule has 0 aliphatic carbocycles. The SMILES string of the molecule is C=CCn1cnc(CC)c1N. The van der Waals surface area contributed by atoms with E-state index in [0.717, 1.165) is 24.5 Å². The first-order valence-corrected chi connectivity index (χ1v) is 3.70. The first-order valence-electron chi connectivity index (χ1n) is 3.70. The highest BCUT2D eigenvalue weighted by molar-refractivity contribution is 5.35. The van der Waals surface area contributed by atoms with E-state index >= 15 is 0 Å². The lowest BCUT2D eigenvalue weighted by molar-refractivity contribution is 0.832. The molecule has 1 aromatic heterocycles. The molecular formula is C8H13N3. The lowest BCUT2D eigenvalue weighted by Gasteiger charge is -1.99. The Morgan fingerprint density at radius 3 is 3.00 bits per heavy atom. The van der Waals surface area contributed by atoms with E-state index in [9.17, 15) is 0 Å². The zero-order valence-corrected chi connectivity index (χ0v) is 6.75. The van der Waals surface area contributed by atoms with Crippen LogP contribution in [0.4, 0.5) is 5.82 Å². The molecule has 3 heteroatoms. The number of allylic oxidation sites excluding steroid dienone is 1. The van der Waals surface area contributed by atoms with Crippen molar-refractivity contribution >= 4 is 5.82 Å². The van der Waals surface area contributed by atoms with Crippen molar-refractivity contribution in [2.75, 3.05) is 5.73 Å². The minimum absolute atomic E-state index is 0.735. The molecule has 1 rings (SSSR count). The average molecular weight is 151 g/mol. The van der Waals surface area contributed by atoms with Crippen molar-refractivity contribution in [3.05, 3.63) is 24.7 Å². The first-order chi connectivity index (χ1) is 5.29. The van der Waals surface area contributed by atoms with Gasteiger partial charge in [0, 0.05) is 6.54 Å². The van der Waals surface area contributed by atoms with Crippen LogP contribution in [0, 0.1) is 0 Å². The van der Waals surface area contributed by atoms with Crippen LogP contribution in [-0.4, -0.2) is 9.55 Å². The maximum Gasteiger partial charge on any atom is 0.126 e. The van der Waals surface area contributed by atoms with Gasteiger partial charge in [-0.25, -0.2) is 4.98 Å². The van der Waals surface area contributed by atoms with Gasteiger partial charge in [0.15, 0.2) is 0 Å². The quantitative estimate of drug-likeness (QED) is 0.660. The number of hydrogen-bond donors (Lipinski definition) is 1. The summed E-state index contributed by atoms with van der Waals surface area (Å²) >= 11 is 0. The molecule has 0 radical (unpaired) electrons. The van der Waals surface area contributed by atoms with Crippen molar-refractivity contribution in [3.63, 3.8) is 0 Å². The van der Waals surface area contributed by atoms with Gasteiger partial charge in [-0.3, -0.25) is 0 Å². The van der Waals surface area contributed by atoms with E-state index in [0.29, 0.717) is 0 Å². The summed E-state index contributed by atoms with van der Waals surface area (Å²) in [6.45, 7) is 6.40. The molecule has 0 aliphatic heterocycles. The summed E-state index contributed by atoms with van der Waals surface area (Å²) in [5.41, 5.74) is 6.72. The van der Waals surface area contributed by atoms with Gasteiger partial charge in [-0.05, 0) is 6.42 Å². The third kappa shape index (κ3) is 1.42. The van der Waals surface area contributed by atoms with Crippen LogP contribution in [0.3, 0.4) is 0 Å². The second-order valence-corrected chi connectivity index (χ2v) is 2.37. The molecule has 0 saturated heterocycles. The maximum atomic E-state index is 5.75. The van der Waals surface area contributed by atoms with Crippen LogP contribution in [-0.2, 0) is 13.0 Å². The smallest absolute Gasteiger partial charge is 0.126 e. The Morgan fingerprint density at radius 1 is 1.82 bits per heavy atom. The first kappa shape index (κ1) is 7.85. The number of aromatic nitrogens is 2. The van der Waals surface area contributed by atoms with E-state index in [2.05, 4.69) is 11.6 Å². The molecule has 0 aromatic carbocycles. The van der Waals surface area contributed by atoms with Crippen molar-refractivity contribution in [2.24, 2.45) is 0 Å². The van der Waals surface area contributed by atoms with Crippen LogP contribution in [0.2, 0.25) is 0 Å². The van der Waals surface area contributed by atoms with Crippen LogP contribution in [0.5, 0.6) is 0 Å². The Bertz CT molecular complexity index is 250. The zero-order valence-electron chi connectivity index (χ0n) is 6.75. The van der Waals surface area contributed by atoms with Crippen molar-refractivity contribution in [2.45, 2.75) is 19.9 Å². The Hall–Kier alpha value is -1.25. The molecule has 0 saturated carbocycles. The van der Waals surface area contributed by atoms with E-state index in [1.165, 1.54) is 0 Å². The van der Waals surface area contributed by atoms with E-state index in [-0.39, 0.29) is 0 Å². The van der Waals surface area contributed by atoms with Crippen molar-refractivity contribution in [3.8, 4) is 0 Å². The fourth-order valence-electron chi connectivity index (χ4n) is 0.990. The number of hydrogen-bond acceptors (Lipinski definition) is 2. The summed E-state index contributed by atoms with van der Waals surface area (Å²) in [5, 5.41) is 0. The highest BCUT2D eigenvalue weighted by Crippen LogP contribution is 2.09. The number of anilines is 1. The van der Waals surface area contributed by atoms with Gasteiger partial charge in [0.25, 0.3) is 0 Å². The van der Waals surface area contributed by atoms with Gasteiger partial charge >= 0.3 is 0 Å². The molecule has 0 aliphatic rings. The summed E-state index contributed by atoms with van der Waals surface area (Å²) in [6.07, 6.45) is 4.43. The highest BCUT2D eigenvalue weighted by Gasteiger charge is 2.02. The molecule has 0 fully saturated rings. The fourth-order valence-corrected chi connectivity index (χ4v) is 0.990. The van der Waals surface area contributed by atoms with Crippen molar-refractivity contribution < 1.29 is 0 Å². The predicted molar refractivity (Wildman–Crippen MR) is 46.2 cm³/mol. The second kappa shape index (κ2) is 3.23. The van der Waals surface area contributed by atoms with Crippen molar-refractivity contribution in [1.82, 2.24) is 9.55 Å². The van der Waals surface area contributed by atoms with Gasteiger partial charge in [0.2, 0.25) is 0 Å². The molecule has 0 bridgehead atoms. The number of nitrogens with zero attached hydrogens (tertiary/aromatic N) is 2.